The number of nitrogens with one attached hydrogen (secondary N) is 2. The maximum absolute atomic E-state index is 12.2. The molecule has 258 valence electrons. The van der Waals surface area contributed by atoms with Crippen LogP contribution in [0.1, 0.15) is 142 Å². The van der Waals surface area contributed by atoms with Crippen LogP contribution < -0.4 is 20.1 Å². The number of rotatable bonds is 29. The van der Waals surface area contributed by atoms with Gasteiger partial charge in [0.25, 0.3) is 11.8 Å². The Morgan fingerprint density at radius 1 is 0.435 bits per heavy atom. The van der Waals surface area contributed by atoms with E-state index in [9.17, 15) is 9.59 Å². The highest BCUT2D eigenvalue weighted by Crippen LogP contribution is 2.24. The molecule has 0 aliphatic carbocycles. The molecule has 0 unspecified atom stereocenters. The molecule has 2 rings (SSSR count). The summed E-state index contributed by atoms with van der Waals surface area (Å²) in [5.74, 6) is 1.18. The molecule has 0 aliphatic rings. The standard InChI is InChI=1S/C40H64N2O4/c1-3-5-7-9-11-13-15-17-19-21-31-41-39(43)33-45-37-27-23-35(24-28-37)36-25-29-38(30-26-36)46-34-40(44)42-32-22-20-18-16-14-12-10-8-6-4-2/h23-30H,3-22,31-34H2,1-2H3,(H,41,43)(H,42,44). The van der Waals surface area contributed by atoms with Crippen LogP contribution >= 0.6 is 0 Å². The summed E-state index contributed by atoms with van der Waals surface area (Å²) < 4.78 is 11.4. The van der Waals surface area contributed by atoms with Crippen molar-refractivity contribution in [3.05, 3.63) is 48.5 Å². The average molecular weight is 637 g/mol. The molecule has 2 N–H and O–H groups in total. The number of carbonyl (C=O) groups is 2. The van der Waals surface area contributed by atoms with E-state index in [0.717, 1.165) is 24.0 Å². The summed E-state index contributed by atoms with van der Waals surface area (Å²) in [6, 6.07) is 15.5. The highest BCUT2D eigenvalue weighted by Gasteiger charge is 2.06. The minimum absolute atomic E-state index is 0.0238. The fourth-order valence-corrected chi connectivity index (χ4v) is 5.57. The topological polar surface area (TPSA) is 76.7 Å². The predicted molar refractivity (Wildman–Crippen MR) is 193 cm³/mol. The highest BCUT2D eigenvalue weighted by molar-refractivity contribution is 5.78. The van der Waals surface area contributed by atoms with Gasteiger partial charge in [0, 0.05) is 13.1 Å². The van der Waals surface area contributed by atoms with E-state index in [4.69, 9.17) is 9.47 Å². The maximum Gasteiger partial charge on any atom is 0.257 e. The zero-order valence-corrected chi connectivity index (χ0v) is 29.2. The predicted octanol–water partition coefficient (Wildman–Crippen LogP) is 10.2. The van der Waals surface area contributed by atoms with Gasteiger partial charge in [-0.25, -0.2) is 0 Å². The van der Waals surface area contributed by atoms with Gasteiger partial charge < -0.3 is 20.1 Å². The van der Waals surface area contributed by atoms with E-state index in [0.29, 0.717) is 24.6 Å². The molecule has 0 heterocycles. The second kappa shape index (κ2) is 27.1. The Bertz CT molecular complexity index is 939. The van der Waals surface area contributed by atoms with Gasteiger partial charge in [-0.1, -0.05) is 154 Å². The number of amides is 2. The molecular formula is C40H64N2O4. The summed E-state index contributed by atoms with van der Waals surface area (Å²) in [6.45, 7) is 5.98. The molecule has 6 nitrogen and oxygen atoms in total. The smallest absolute Gasteiger partial charge is 0.257 e. The van der Waals surface area contributed by atoms with Gasteiger partial charge >= 0.3 is 0 Å². The zero-order valence-electron chi connectivity index (χ0n) is 29.2. The minimum Gasteiger partial charge on any atom is -0.484 e. The SMILES string of the molecule is CCCCCCCCCCCCNC(=O)COc1ccc(-c2ccc(OCC(=O)NCCCCCCCCCCCC)cc2)cc1. The molecule has 0 atom stereocenters. The van der Waals surface area contributed by atoms with E-state index >= 15 is 0 Å². The van der Waals surface area contributed by atoms with Crippen molar-refractivity contribution >= 4 is 11.8 Å². The largest absolute Gasteiger partial charge is 0.484 e. The fourth-order valence-electron chi connectivity index (χ4n) is 5.57. The Morgan fingerprint density at radius 3 is 1.02 bits per heavy atom. The van der Waals surface area contributed by atoms with Crippen LogP contribution in [0.5, 0.6) is 11.5 Å². The first-order valence-electron chi connectivity index (χ1n) is 18.6. The zero-order chi connectivity index (χ0) is 32.9. The molecule has 2 aromatic carbocycles. The van der Waals surface area contributed by atoms with Crippen molar-refractivity contribution in [3.8, 4) is 22.6 Å². The molecule has 46 heavy (non-hydrogen) atoms. The lowest BCUT2D eigenvalue weighted by molar-refractivity contribution is -0.123. The lowest BCUT2D eigenvalue weighted by Crippen LogP contribution is -2.29. The van der Waals surface area contributed by atoms with Crippen molar-refractivity contribution in [1.29, 1.82) is 0 Å². The molecule has 0 aliphatic heterocycles. The lowest BCUT2D eigenvalue weighted by Gasteiger charge is -2.10. The second-order valence-corrected chi connectivity index (χ2v) is 12.7. The van der Waals surface area contributed by atoms with Gasteiger partial charge in [-0.3, -0.25) is 9.59 Å². The van der Waals surface area contributed by atoms with Gasteiger partial charge in [-0.2, -0.15) is 0 Å². The van der Waals surface area contributed by atoms with Crippen molar-refractivity contribution in [2.24, 2.45) is 0 Å². The summed E-state index contributed by atoms with van der Waals surface area (Å²) in [5, 5.41) is 5.93. The quantitative estimate of drug-likeness (QED) is 0.0871. The normalized spacial score (nSPS) is 10.9. The molecule has 0 saturated carbocycles. The summed E-state index contributed by atoms with van der Waals surface area (Å²) >= 11 is 0. The van der Waals surface area contributed by atoms with E-state index in [1.807, 2.05) is 48.5 Å². The van der Waals surface area contributed by atoms with Gasteiger partial charge in [0.2, 0.25) is 0 Å². The van der Waals surface area contributed by atoms with Crippen molar-refractivity contribution in [2.45, 2.75) is 142 Å². The third-order valence-electron chi connectivity index (χ3n) is 8.49. The third kappa shape index (κ3) is 20.2. The van der Waals surface area contributed by atoms with Crippen LogP contribution in [0, 0.1) is 0 Å². The van der Waals surface area contributed by atoms with Crippen molar-refractivity contribution in [1.82, 2.24) is 10.6 Å². The van der Waals surface area contributed by atoms with Gasteiger partial charge in [0.05, 0.1) is 0 Å². The van der Waals surface area contributed by atoms with Crippen LogP contribution in [0.25, 0.3) is 11.1 Å². The van der Waals surface area contributed by atoms with Crippen molar-refractivity contribution < 1.29 is 19.1 Å². The summed E-state index contributed by atoms with van der Waals surface area (Å²) in [7, 11) is 0. The molecule has 6 heteroatoms. The Morgan fingerprint density at radius 2 is 0.717 bits per heavy atom. The van der Waals surface area contributed by atoms with E-state index < -0.39 is 0 Å². The lowest BCUT2D eigenvalue weighted by atomic mass is 10.1. The average Bonchev–Trinajstić information content (AvgIpc) is 3.08. The molecule has 0 bridgehead atoms. The Kier molecular flexibility index (Phi) is 23.1. The van der Waals surface area contributed by atoms with E-state index in [2.05, 4.69) is 24.5 Å². The molecular weight excluding hydrogens is 572 g/mol. The Balaban J connectivity index is 1.51. The Hall–Kier alpha value is -3.02. The Labute approximate surface area is 280 Å². The number of unbranched alkanes of at least 4 members (excludes halogenated alkanes) is 18. The summed E-state index contributed by atoms with van der Waals surface area (Å²) in [5.41, 5.74) is 2.08. The number of benzene rings is 2. The van der Waals surface area contributed by atoms with Gasteiger partial charge in [-0.15, -0.1) is 0 Å². The highest BCUT2D eigenvalue weighted by atomic mass is 16.5. The van der Waals surface area contributed by atoms with Gasteiger partial charge in [-0.05, 0) is 48.2 Å². The van der Waals surface area contributed by atoms with Crippen LogP contribution in [-0.4, -0.2) is 38.1 Å². The first-order chi connectivity index (χ1) is 22.6. The molecule has 0 saturated heterocycles. The van der Waals surface area contributed by atoms with Crippen LogP contribution in [0.15, 0.2) is 48.5 Å². The molecule has 0 radical (unpaired) electrons. The molecule has 2 aromatic rings. The number of ether oxygens (including phenoxy) is 2. The summed E-state index contributed by atoms with van der Waals surface area (Å²) in [4.78, 5) is 24.3. The van der Waals surface area contributed by atoms with E-state index in [1.54, 1.807) is 0 Å². The summed E-state index contributed by atoms with van der Waals surface area (Å²) in [6.07, 6.45) is 25.7. The monoisotopic (exact) mass is 636 g/mol. The van der Waals surface area contributed by atoms with E-state index in [-0.39, 0.29) is 25.0 Å². The fraction of sp³-hybridized carbons (Fsp3) is 0.650. The second-order valence-electron chi connectivity index (χ2n) is 12.7. The number of hydrogen-bond acceptors (Lipinski definition) is 4. The molecule has 0 aromatic heterocycles. The van der Waals surface area contributed by atoms with Crippen LogP contribution in [0.4, 0.5) is 0 Å². The van der Waals surface area contributed by atoms with Gasteiger partial charge in [0.15, 0.2) is 13.2 Å². The van der Waals surface area contributed by atoms with Crippen molar-refractivity contribution in [3.63, 3.8) is 0 Å². The minimum atomic E-state index is -0.0805. The first-order valence-corrected chi connectivity index (χ1v) is 18.6. The van der Waals surface area contributed by atoms with E-state index in [1.165, 1.54) is 116 Å². The molecule has 0 fully saturated rings. The van der Waals surface area contributed by atoms with Crippen LogP contribution in [0.3, 0.4) is 0 Å². The molecule has 0 spiro atoms. The van der Waals surface area contributed by atoms with Crippen LogP contribution in [0.2, 0.25) is 0 Å². The number of carbonyl (C=O) groups excluding carboxylic acids is 2. The first kappa shape index (κ1) is 39.2. The van der Waals surface area contributed by atoms with Gasteiger partial charge in [0.1, 0.15) is 11.5 Å². The molecule has 2 amide bonds. The van der Waals surface area contributed by atoms with Crippen molar-refractivity contribution in [2.75, 3.05) is 26.3 Å². The number of hydrogen-bond donors (Lipinski definition) is 2. The maximum atomic E-state index is 12.2. The third-order valence-corrected chi connectivity index (χ3v) is 8.49. The van der Waals surface area contributed by atoms with Crippen LogP contribution in [-0.2, 0) is 9.59 Å².